The Hall–Kier alpha value is -1.79. The summed E-state index contributed by atoms with van der Waals surface area (Å²) >= 11 is 1.19. The van der Waals surface area contributed by atoms with E-state index < -0.39 is 12.1 Å². The van der Waals surface area contributed by atoms with Gasteiger partial charge in [-0.15, -0.1) is 11.3 Å². The number of hydrogen-bond donors (Lipinski definition) is 2. The van der Waals surface area contributed by atoms with Crippen LogP contribution in [0.5, 0.6) is 0 Å². The molecule has 0 aromatic carbocycles. The van der Waals surface area contributed by atoms with Gasteiger partial charge in [-0.3, -0.25) is 0 Å². The molecule has 0 fully saturated rings. The minimum atomic E-state index is -0.935. The molecule has 0 saturated carbocycles. The first-order valence-corrected chi connectivity index (χ1v) is 6.76. The Labute approximate surface area is 113 Å². The minimum Gasteiger partial charge on any atom is -0.477 e. The van der Waals surface area contributed by atoms with Gasteiger partial charge in [0.15, 0.2) is 0 Å². The van der Waals surface area contributed by atoms with Crippen LogP contribution in [0, 0.1) is 0 Å². The Morgan fingerprint density at radius 1 is 1.42 bits per heavy atom. The second-order valence-electron chi connectivity index (χ2n) is 4.64. The highest BCUT2D eigenvalue weighted by Gasteiger charge is 2.31. The molecule has 0 bridgehead atoms. The number of carbonyl (C=O) groups is 1. The number of aromatic nitrogens is 2. The van der Waals surface area contributed by atoms with E-state index in [1.807, 2.05) is 6.92 Å². The van der Waals surface area contributed by atoms with E-state index >= 15 is 0 Å². The molecule has 3 rings (SSSR count). The summed E-state index contributed by atoms with van der Waals surface area (Å²) in [7, 11) is 0. The summed E-state index contributed by atoms with van der Waals surface area (Å²) in [5.41, 5.74) is 2.35. The largest absolute Gasteiger partial charge is 0.477 e. The molecule has 19 heavy (non-hydrogen) atoms. The molecule has 2 unspecified atom stereocenters. The smallest absolute Gasteiger partial charge is 0.345 e. The van der Waals surface area contributed by atoms with Gasteiger partial charge in [0.05, 0.1) is 22.4 Å². The Morgan fingerprint density at radius 2 is 2.21 bits per heavy atom. The van der Waals surface area contributed by atoms with E-state index in [0.717, 1.165) is 16.1 Å². The van der Waals surface area contributed by atoms with Gasteiger partial charge < -0.3 is 10.2 Å². The molecule has 98 valence electrons. The molecular formula is C13H12N2O3S. The SMILES string of the molecule is CC1CC(O)c2ncnc(-c3ccc(C(=O)O)s3)c21. The number of nitrogens with zero attached hydrogens (tertiary/aromatic N) is 2. The van der Waals surface area contributed by atoms with Crippen LogP contribution in [0.25, 0.3) is 10.6 Å². The first kappa shape index (κ1) is 12.3. The summed E-state index contributed by atoms with van der Waals surface area (Å²) in [6.07, 6.45) is 1.51. The van der Waals surface area contributed by atoms with Crippen LogP contribution in [0.1, 0.15) is 46.3 Å². The maximum atomic E-state index is 10.9. The standard InChI is InChI=1S/C13H12N2O3S/c1-6-4-7(16)11-10(6)12(15-5-14-11)8-2-3-9(19-8)13(17)18/h2-3,5-7,16H,4H2,1H3,(H,17,18). The van der Waals surface area contributed by atoms with Crippen molar-refractivity contribution in [3.63, 3.8) is 0 Å². The van der Waals surface area contributed by atoms with Crippen LogP contribution in [-0.2, 0) is 0 Å². The monoisotopic (exact) mass is 276 g/mol. The number of aliphatic hydroxyl groups is 1. The zero-order valence-corrected chi connectivity index (χ0v) is 11.0. The molecule has 2 aromatic heterocycles. The minimum absolute atomic E-state index is 0.177. The first-order chi connectivity index (χ1) is 9.08. The predicted molar refractivity (Wildman–Crippen MR) is 70.3 cm³/mol. The van der Waals surface area contributed by atoms with Crippen molar-refractivity contribution in [2.75, 3.05) is 0 Å². The van der Waals surface area contributed by atoms with E-state index in [4.69, 9.17) is 5.11 Å². The molecule has 2 heterocycles. The fraction of sp³-hybridized carbons (Fsp3) is 0.308. The van der Waals surface area contributed by atoms with Gasteiger partial charge in [-0.1, -0.05) is 6.92 Å². The Balaban J connectivity index is 2.13. The van der Waals surface area contributed by atoms with Gasteiger partial charge in [-0.2, -0.15) is 0 Å². The summed E-state index contributed by atoms with van der Waals surface area (Å²) in [5.74, 6) is -0.758. The number of carboxylic acid groups (broad SMARTS) is 1. The summed E-state index contributed by atoms with van der Waals surface area (Å²) < 4.78 is 0. The Kier molecular flexibility index (Phi) is 2.83. The topological polar surface area (TPSA) is 83.3 Å². The highest BCUT2D eigenvalue weighted by atomic mass is 32.1. The van der Waals surface area contributed by atoms with Crippen molar-refractivity contribution in [3.8, 4) is 10.6 Å². The molecule has 2 aromatic rings. The average molecular weight is 276 g/mol. The molecule has 1 aliphatic carbocycles. The van der Waals surface area contributed by atoms with Crippen molar-refractivity contribution in [2.45, 2.75) is 25.4 Å². The Morgan fingerprint density at radius 3 is 2.89 bits per heavy atom. The van der Waals surface area contributed by atoms with Gasteiger partial charge >= 0.3 is 5.97 Å². The van der Waals surface area contributed by atoms with Crippen LogP contribution in [0.3, 0.4) is 0 Å². The number of hydrogen-bond acceptors (Lipinski definition) is 5. The van der Waals surface area contributed by atoms with Crippen molar-refractivity contribution >= 4 is 17.3 Å². The van der Waals surface area contributed by atoms with Gasteiger partial charge in [-0.05, 0) is 24.5 Å². The lowest BCUT2D eigenvalue weighted by atomic mass is 10.0. The van der Waals surface area contributed by atoms with Crippen molar-refractivity contribution < 1.29 is 15.0 Å². The van der Waals surface area contributed by atoms with Gasteiger partial charge in [0.2, 0.25) is 0 Å². The van der Waals surface area contributed by atoms with E-state index in [-0.39, 0.29) is 10.8 Å². The van der Waals surface area contributed by atoms with Crippen molar-refractivity contribution in [2.24, 2.45) is 0 Å². The molecule has 6 heteroatoms. The lowest BCUT2D eigenvalue weighted by Gasteiger charge is -2.08. The van der Waals surface area contributed by atoms with E-state index in [1.165, 1.54) is 17.7 Å². The zero-order valence-electron chi connectivity index (χ0n) is 10.2. The summed E-state index contributed by atoms with van der Waals surface area (Å²) in [6.45, 7) is 2.02. The molecule has 1 aliphatic rings. The normalized spacial score (nSPS) is 21.4. The molecule has 0 radical (unpaired) electrons. The van der Waals surface area contributed by atoms with Crippen LogP contribution < -0.4 is 0 Å². The van der Waals surface area contributed by atoms with Crippen LogP contribution in [-0.4, -0.2) is 26.2 Å². The predicted octanol–water partition coefficient (Wildman–Crippen LogP) is 2.44. The average Bonchev–Trinajstić information content (AvgIpc) is 2.96. The molecule has 0 spiro atoms. The van der Waals surface area contributed by atoms with Gasteiger partial charge in [-0.25, -0.2) is 14.8 Å². The lowest BCUT2D eigenvalue weighted by Crippen LogP contribution is -1.98. The summed E-state index contributed by atoms with van der Waals surface area (Å²) in [5, 5.41) is 18.9. The van der Waals surface area contributed by atoms with Crippen LogP contribution in [0.2, 0.25) is 0 Å². The van der Waals surface area contributed by atoms with Crippen LogP contribution in [0.4, 0.5) is 0 Å². The third-order valence-corrected chi connectivity index (χ3v) is 4.43. The van der Waals surface area contributed by atoms with Crippen molar-refractivity contribution in [1.29, 1.82) is 0 Å². The van der Waals surface area contributed by atoms with E-state index in [0.29, 0.717) is 12.1 Å². The lowest BCUT2D eigenvalue weighted by molar-refractivity contribution is 0.0702. The van der Waals surface area contributed by atoms with Gasteiger partial charge in [0.25, 0.3) is 0 Å². The van der Waals surface area contributed by atoms with E-state index in [9.17, 15) is 9.90 Å². The number of aromatic carboxylic acids is 1. The molecule has 0 aliphatic heterocycles. The fourth-order valence-electron chi connectivity index (χ4n) is 2.50. The third-order valence-electron chi connectivity index (χ3n) is 3.35. The van der Waals surface area contributed by atoms with Crippen molar-refractivity contribution in [1.82, 2.24) is 9.97 Å². The summed E-state index contributed by atoms with van der Waals surface area (Å²) in [6, 6.07) is 3.33. The van der Waals surface area contributed by atoms with Crippen LogP contribution >= 0.6 is 11.3 Å². The number of carboxylic acids is 1. The second kappa shape index (κ2) is 4.40. The van der Waals surface area contributed by atoms with Gasteiger partial charge in [0.1, 0.15) is 11.2 Å². The quantitative estimate of drug-likeness (QED) is 0.880. The van der Waals surface area contributed by atoms with Crippen molar-refractivity contribution in [3.05, 3.63) is 34.6 Å². The molecule has 2 N–H and O–H groups in total. The number of fused-ring (bicyclic) bond motifs is 1. The summed E-state index contributed by atoms with van der Waals surface area (Å²) in [4.78, 5) is 20.4. The molecular weight excluding hydrogens is 264 g/mol. The fourth-order valence-corrected chi connectivity index (χ4v) is 3.36. The van der Waals surface area contributed by atoms with Gasteiger partial charge in [0, 0.05) is 5.56 Å². The van der Waals surface area contributed by atoms with E-state index in [2.05, 4.69) is 9.97 Å². The molecule has 5 nitrogen and oxygen atoms in total. The highest BCUT2D eigenvalue weighted by molar-refractivity contribution is 7.17. The maximum absolute atomic E-state index is 10.9. The highest BCUT2D eigenvalue weighted by Crippen LogP contribution is 2.43. The first-order valence-electron chi connectivity index (χ1n) is 5.94. The molecule has 0 saturated heterocycles. The molecule has 2 atom stereocenters. The number of rotatable bonds is 2. The van der Waals surface area contributed by atoms with E-state index in [1.54, 1.807) is 12.1 Å². The Bertz CT molecular complexity index is 653. The number of thiophene rings is 1. The maximum Gasteiger partial charge on any atom is 0.345 e. The second-order valence-corrected chi connectivity index (χ2v) is 5.73. The number of aliphatic hydroxyl groups excluding tert-OH is 1. The van der Waals surface area contributed by atoms with Crippen LogP contribution in [0.15, 0.2) is 18.5 Å². The zero-order chi connectivity index (χ0) is 13.6. The molecule has 0 amide bonds. The third kappa shape index (κ3) is 1.93.